The van der Waals surface area contributed by atoms with Gasteiger partial charge in [-0.15, -0.1) is 5.10 Å². The van der Waals surface area contributed by atoms with Crippen LogP contribution in [0, 0.1) is 0 Å². The molecule has 0 aromatic heterocycles. The van der Waals surface area contributed by atoms with Gasteiger partial charge in [-0.3, -0.25) is 9.69 Å². The second kappa shape index (κ2) is 6.13. The van der Waals surface area contributed by atoms with Gasteiger partial charge in [-0.1, -0.05) is 48.5 Å². The highest BCUT2D eigenvalue weighted by atomic mass is 32.2. The van der Waals surface area contributed by atoms with Crippen molar-refractivity contribution < 1.29 is 18.1 Å². The maximum absolute atomic E-state index is 13.5. The molecule has 8 heteroatoms. The summed E-state index contributed by atoms with van der Waals surface area (Å²) in [7, 11) is -0.160. The van der Waals surface area contributed by atoms with Crippen molar-refractivity contribution in [3.8, 4) is 0 Å². The van der Waals surface area contributed by atoms with Crippen molar-refractivity contribution in [1.29, 1.82) is 0 Å². The maximum atomic E-state index is 13.5. The molecule has 29 heavy (non-hydrogen) atoms. The second-order valence-corrected chi connectivity index (χ2v) is 9.13. The Bertz CT molecular complexity index is 1290. The van der Waals surface area contributed by atoms with Crippen molar-refractivity contribution in [3.05, 3.63) is 77.9 Å². The molecular weight excluding hydrogens is 388 g/mol. The van der Waals surface area contributed by atoms with Gasteiger partial charge in [-0.25, -0.2) is 8.42 Å². The minimum Gasteiger partial charge on any atom is -0.299 e. The zero-order valence-corrected chi connectivity index (χ0v) is 16.7. The molecule has 1 amide bonds. The molecule has 2 heterocycles. The van der Waals surface area contributed by atoms with Crippen LogP contribution in [-0.2, 0) is 10.0 Å². The fourth-order valence-corrected chi connectivity index (χ4v) is 5.81. The Hall–Kier alpha value is -3.23. The Morgan fingerprint density at radius 3 is 2.45 bits per heavy atom. The molecule has 0 fully saturated rings. The van der Waals surface area contributed by atoms with E-state index < -0.39 is 16.3 Å². The van der Waals surface area contributed by atoms with Gasteiger partial charge in [0.25, 0.3) is 22.2 Å². The number of nitrogens with one attached hydrogen (secondary N) is 1. The molecule has 0 unspecified atom stereocenters. The summed E-state index contributed by atoms with van der Waals surface area (Å²) in [6, 6.07) is 19.9. The first kappa shape index (κ1) is 17.8. The standard InChI is InChI=1S/C21H18N4O3S/c1-23(2)21-24(20(26)16-12-7-9-14-8-3-4-10-15(14)16)22-19-17-11-5-6-13-18(17)29(27,28)25(19)21/h3-13,21H,1-2H3/p+1/t21-/m0/s1. The number of hydrazone groups is 1. The predicted molar refractivity (Wildman–Crippen MR) is 109 cm³/mol. The fourth-order valence-electron chi connectivity index (χ4n) is 3.99. The number of carbonyl (C=O) groups is 1. The number of rotatable bonds is 2. The van der Waals surface area contributed by atoms with E-state index in [4.69, 9.17) is 0 Å². The van der Waals surface area contributed by atoms with E-state index >= 15 is 0 Å². The van der Waals surface area contributed by atoms with Crippen LogP contribution < -0.4 is 4.90 Å². The zero-order chi connectivity index (χ0) is 20.3. The minimum absolute atomic E-state index is 0.224. The highest BCUT2D eigenvalue weighted by molar-refractivity contribution is 7.90. The van der Waals surface area contributed by atoms with Crippen molar-refractivity contribution in [2.45, 2.75) is 11.2 Å². The first-order chi connectivity index (χ1) is 13.9. The van der Waals surface area contributed by atoms with E-state index in [-0.39, 0.29) is 10.8 Å². The number of benzene rings is 3. The minimum atomic E-state index is -3.78. The lowest BCUT2D eigenvalue weighted by Crippen LogP contribution is -3.13. The molecule has 3 aromatic rings. The molecule has 146 valence electrons. The summed E-state index contributed by atoms with van der Waals surface area (Å²) in [5, 5.41) is 7.54. The highest BCUT2D eigenvalue weighted by Gasteiger charge is 2.54. The lowest BCUT2D eigenvalue weighted by atomic mass is 10.0. The number of fused-ring (bicyclic) bond motifs is 4. The molecule has 2 aliphatic heterocycles. The van der Waals surface area contributed by atoms with E-state index in [0.29, 0.717) is 17.0 Å². The summed E-state index contributed by atoms with van der Waals surface area (Å²) >= 11 is 0. The average Bonchev–Trinajstić information content (AvgIpc) is 3.23. The number of nitrogens with zero attached hydrogens (tertiary/aromatic N) is 3. The number of sulfonamides is 1. The molecule has 3 aromatic carbocycles. The Morgan fingerprint density at radius 2 is 1.66 bits per heavy atom. The lowest BCUT2D eigenvalue weighted by molar-refractivity contribution is -0.904. The van der Waals surface area contributed by atoms with Gasteiger partial charge < -0.3 is 0 Å². The number of carbonyl (C=O) groups excluding carboxylic acids is 1. The molecule has 0 spiro atoms. The number of amidine groups is 1. The maximum Gasteiger partial charge on any atom is 0.281 e. The van der Waals surface area contributed by atoms with Gasteiger partial charge in [-0.05, 0) is 29.0 Å². The van der Waals surface area contributed by atoms with Crippen molar-refractivity contribution in [2.24, 2.45) is 5.10 Å². The monoisotopic (exact) mass is 407 g/mol. The van der Waals surface area contributed by atoms with Gasteiger partial charge in [0.05, 0.1) is 19.0 Å². The third-order valence-electron chi connectivity index (χ3n) is 5.27. The molecule has 0 saturated heterocycles. The number of quaternary nitrogens is 1. The molecule has 0 saturated carbocycles. The first-order valence-corrected chi connectivity index (χ1v) is 10.7. The number of amides is 1. The van der Waals surface area contributed by atoms with Crippen LogP contribution in [0.1, 0.15) is 15.9 Å². The summed E-state index contributed by atoms with van der Waals surface area (Å²) in [5.74, 6) is -0.0389. The Kier molecular flexibility index (Phi) is 3.77. The smallest absolute Gasteiger partial charge is 0.281 e. The molecule has 2 aliphatic rings. The van der Waals surface area contributed by atoms with Crippen LogP contribution in [0.15, 0.2) is 76.7 Å². The van der Waals surface area contributed by atoms with Crippen LogP contribution in [0.4, 0.5) is 0 Å². The summed E-state index contributed by atoms with van der Waals surface area (Å²) in [6.45, 7) is 0. The van der Waals surface area contributed by atoms with E-state index in [9.17, 15) is 13.2 Å². The summed E-state index contributed by atoms with van der Waals surface area (Å²) < 4.78 is 27.6. The van der Waals surface area contributed by atoms with Crippen LogP contribution in [0.3, 0.4) is 0 Å². The van der Waals surface area contributed by atoms with E-state index in [0.717, 1.165) is 15.7 Å². The Morgan fingerprint density at radius 1 is 0.966 bits per heavy atom. The van der Waals surface area contributed by atoms with Gasteiger partial charge in [0.15, 0.2) is 5.84 Å². The SMILES string of the molecule is C[NH+](C)[C@H]1N(C(=O)c2cccc3ccccc23)N=C2c3ccccc3S(=O)(=O)N21. The van der Waals surface area contributed by atoms with Gasteiger partial charge in [-0.2, -0.15) is 9.31 Å². The number of hydrogen-bond donors (Lipinski definition) is 1. The van der Waals surface area contributed by atoms with E-state index in [1.807, 2.05) is 50.5 Å². The van der Waals surface area contributed by atoms with Crippen molar-refractivity contribution in [3.63, 3.8) is 0 Å². The van der Waals surface area contributed by atoms with Crippen LogP contribution in [0.25, 0.3) is 10.8 Å². The molecule has 0 radical (unpaired) electrons. The van der Waals surface area contributed by atoms with Crippen molar-refractivity contribution in [2.75, 3.05) is 14.1 Å². The van der Waals surface area contributed by atoms with E-state index in [1.165, 1.54) is 9.31 Å². The Labute approximate surface area is 168 Å². The van der Waals surface area contributed by atoms with Crippen LogP contribution in [-0.4, -0.2) is 49.9 Å². The van der Waals surface area contributed by atoms with E-state index in [2.05, 4.69) is 5.10 Å². The molecule has 1 N–H and O–H groups in total. The third-order valence-corrected chi connectivity index (χ3v) is 7.08. The van der Waals surface area contributed by atoms with Crippen molar-refractivity contribution >= 4 is 32.5 Å². The molecule has 1 atom stereocenters. The molecule has 5 rings (SSSR count). The van der Waals surface area contributed by atoms with Gasteiger partial charge in [0.2, 0.25) is 0 Å². The highest BCUT2D eigenvalue weighted by Crippen LogP contribution is 2.36. The number of hydrogen-bond acceptors (Lipinski definition) is 4. The predicted octanol–water partition coefficient (Wildman–Crippen LogP) is 1.09. The van der Waals surface area contributed by atoms with Gasteiger partial charge in [0.1, 0.15) is 0 Å². The quantitative estimate of drug-likeness (QED) is 0.691. The normalized spacial score (nSPS) is 19.4. The largest absolute Gasteiger partial charge is 0.299 e. The van der Waals surface area contributed by atoms with Gasteiger partial charge in [0, 0.05) is 11.1 Å². The fraction of sp³-hybridized carbons (Fsp3) is 0.143. The third kappa shape index (κ3) is 2.43. The van der Waals surface area contributed by atoms with Crippen molar-refractivity contribution in [1.82, 2.24) is 9.31 Å². The summed E-state index contributed by atoms with van der Waals surface area (Å²) in [5.41, 5.74) is 1.01. The topological polar surface area (TPSA) is 74.5 Å². The average molecular weight is 407 g/mol. The first-order valence-electron chi connectivity index (χ1n) is 9.25. The second-order valence-electron chi connectivity index (χ2n) is 7.35. The van der Waals surface area contributed by atoms with Crippen LogP contribution in [0.5, 0.6) is 0 Å². The van der Waals surface area contributed by atoms with Crippen LogP contribution >= 0.6 is 0 Å². The van der Waals surface area contributed by atoms with E-state index in [1.54, 1.807) is 30.3 Å². The van der Waals surface area contributed by atoms with Gasteiger partial charge >= 0.3 is 0 Å². The summed E-state index contributed by atoms with van der Waals surface area (Å²) in [6.07, 6.45) is -0.797. The molecular formula is C21H19N4O3S+. The lowest BCUT2D eigenvalue weighted by Gasteiger charge is -2.29. The van der Waals surface area contributed by atoms with Crippen LogP contribution in [0.2, 0.25) is 0 Å². The molecule has 7 nitrogen and oxygen atoms in total. The molecule has 0 bridgehead atoms. The zero-order valence-electron chi connectivity index (χ0n) is 15.9. The molecule has 0 aliphatic carbocycles. The summed E-state index contributed by atoms with van der Waals surface area (Å²) in [4.78, 5) is 14.5. The Balaban J connectivity index is 1.68.